The number of ketones is 1. The molecule has 3 aromatic rings. The van der Waals surface area contributed by atoms with Crippen molar-refractivity contribution in [2.75, 3.05) is 11.5 Å². The second kappa shape index (κ2) is 9.74. The number of nitrogens with zero attached hydrogens (tertiary/aromatic N) is 1. The molecule has 168 valence electrons. The van der Waals surface area contributed by atoms with Crippen LogP contribution < -0.4 is 9.64 Å². The van der Waals surface area contributed by atoms with Crippen LogP contribution in [0, 0.1) is 0 Å². The lowest BCUT2D eigenvalue weighted by atomic mass is 9.95. The summed E-state index contributed by atoms with van der Waals surface area (Å²) in [5.74, 6) is -0.869. The first-order valence-corrected chi connectivity index (χ1v) is 11.2. The molecular weight excluding hydrogens is 414 g/mol. The monoisotopic (exact) mass is 441 g/mol. The molecule has 0 aliphatic carbocycles. The number of hydrogen-bond acceptors (Lipinski definition) is 4. The molecule has 1 aliphatic rings. The normalized spacial score (nSPS) is 17.4. The first-order valence-electron chi connectivity index (χ1n) is 11.2. The summed E-state index contributed by atoms with van der Waals surface area (Å²) in [5, 5.41) is 11.2. The predicted octanol–water partition coefficient (Wildman–Crippen LogP) is 5.66. The summed E-state index contributed by atoms with van der Waals surface area (Å²) < 4.78 is 5.61. The molecule has 1 N–H and O–H groups in total. The minimum atomic E-state index is -0.727. The fraction of sp³-hybridized carbons (Fsp3) is 0.214. The maximum Gasteiger partial charge on any atom is 0.300 e. The number of anilines is 1. The Bertz CT molecular complexity index is 1160. The highest BCUT2D eigenvalue weighted by Crippen LogP contribution is 2.42. The summed E-state index contributed by atoms with van der Waals surface area (Å²) in [6.07, 6.45) is 1.76. The van der Waals surface area contributed by atoms with Gasteiger partial charge in [0.05, 0.1) is 18.2 Å². The van der Waals surface area contributed by atoms with Crippen LogP contribution in [0.15, 0.2) is 84.4 Å². The van der Waals surface area contributed by atoms with Crippen LogP contribution in [-0.4, -0.2) is 23.4 Å². The number of carbonyl (C=O) groups is 2. The average molecular weight is 442 g/mol. The third-order valence-electron chi connectivity index (χ3n) is 5.78. The molecule has 3 aromatic carbocycles. The molecule has 4 rings (SSSR count). The lowest BCUT2D eigenvalue weighted by molar-refractivity contribution is -0.132. The molecule has 0 saturated carbocycles. The first kappa shape index (κ1) is 22.3. The number of amides is 1. The van der Waals surface area contributed by atoms with Gasteiger partial charge in [0.15, 0.2) is 0 Å². The third-order valence-corrected chi connectivity index (χ3v) is 5.78. The molecule has 0 aromatic heterocycles. The number of aliphatic hydroxyl groups is 1. The fourth-order valence-electron chi connectivity index (χ4n) is 4.03. The summed E-state index contributed by atoms with van der Waals surface area (Å²) in [7, 11) is 0. The van der Waals surface area contributed by atoms with Gasteiger partial charge in [0.1, 0.15) is 11.5 Å². The van der Waals surface area contributed by atoms with Gasteiger partial charge in [-0.15, -0.1) is 0 Å². The van der Waals surface area contributed by atoms with Gasteiger partial charge in [-0.25, -0.2) is 0 Å². The number of benzene rings is 3. The Hall–Kier alpha value is -3.86. The van der Waals surface area contributed by atoms with Gasteiger partial charge in [0, 0.05) is 11.3 Å². The van der Waals surface area contributed by atoms with Gasteiger partial charge in [-0.2, -0.15) is 0 Å². The summed E-state index contributed by atoms with van der Waals surface area (Å²) in [5.41, 5.74) is 3.04. The van der Waals surface area contributed by atoms with Crippen molar-refractivity contribution >= 4 is 23.1 Å². The van der Waals surface area contributed by atoms with Crippen molar-refractivity contribution in [3.05, 3.63) is 101 Å². The van der Waals surface area contributed by atoms with E-state index in [2.05, 4.69) is 6.92 Å². The Morgan fingerprint density at radius 3 is 2.18 bits per heavy atom. The summed E-state index contributed by atoms with van der Waals surface area (Å²) in [6.45, 7) is 4.68. The molecule has 1 heterocycles. The lowest BCUT2D eigenvalue weighted by Gasteiger charge is -2.25. The fourth-order valence-corrected chi connectivity index (χ4v) is 4.03. The van der Waals surface area contributed by atoms with Crippen LogP contribution in [-0.2, 0) is 16.0 Å². The van der Waals surface area contributed by atoms with Crippen molar-refractivity contribution in [3.8, 4) is 5.75 Å². The van der Waals surface area contributed by atoms with Gasteiger partial charge in [-0.05, 0) is 60.4 Å². The van der Waals surface area contributed by atoms with Crippen LogP contribution >= 0.6 is 0 Å². The number of rotatable bonds is 7. The van der Waals surface area contributed by atoms with Crippen molar-refractivity contribution in [3.63, 3.8) is 0 Å². The molecule has 0 radical (unpaired) electrons. The molecule has 5 nitrogen and oxygen atoms in total. The quantitative estimate of drug-likeness (QED) is 0.292. The standard InChI is InChI=1S/C28H27NO4/c1-3-18-33-23-16-12-21(13-17-23)26(30)24-25(20-8-6-5-7-9-20)29(28(32)27(24)31)22-14-10-19(4-2)11-15-22/h5-17,25,30H,3-4,18H2,1-2H3/b26-24+. The number of ether oxygens (including phenoxy) is 1. The molecule has 0 bridgehead atoms. The Kier molecular flexibility index (Phi) is 6.59. The minimum Gasteiger partial charge on any atom is -0.507 e. The molecule has 33 heavy (non-hydrogen) atoms. The van der Waals surface area contributed by atoms with E-state index in [9.17, 15) is 14.7 Å². The zero-order valence-electron chi connectivity index (χ0n) is 18.8. The zero-order chi connectivity index (χ0) is 23.4. The maximum absolute atomic E-state index is 13.2. The van der Waals surface area contributed by atoms with Gasteiger partial charge < -0.3 is 9.84 Å². The van der Waals surface area contributed by atoms with Crippen LogP contribution in [0.1, 0.15) is 43.0 Å². The Morgan fingerprint density at radius 2 is 1.58 bits per heavy atom. The Morgan fingerprint density at radius 1 is 0.909 bits per heavy atom. The number of carbonyl (C=O) groups excluding carboxylic acids is 2. The minimum absolute atomic E-state index is 0.0768. The van der Waals surface area contributed by atoms with Gasteiger partial charge in [0.25, 0.3) is 11.7 Å². The van der Waals surface area contributed by atoms with E-state index in [1.54, 1.807) is 24.3 Å². The maximum atomic E-state index is 13.2. The topological polar surface area (TPSA) is 66.8 Å². The van der Waals surface area contributed by atoms with Crippen molar-refractivity contribution in [1.29, 1.82) is 0 Å². The van der Waals surface area contributed by atoms with Crippen LogP contribution in [0.25, 0.3) is 5.76 Å². The first-order chi connectivity index (χ1) is 16.0. The highest BCUT2D eigenvalue weighted by Gasteiger charge is 2.46. The molecule has 1 saturated heterocycles. The molecule has 1 atom stereocenters. The second-order valence-corrected chi connectivity index (χ2v) is 7.97. The number of aliphatic hydroxyl groups excluding tert-OH is 1. The molecule has 5 heteroatoms. The molecule has 1 amide bonds. The van der Waals surface area contributed by atoms with Crippen molar-refractivity contribution in [2.24, 2.45) is 0 Å². The molecule has 1 aliphatic heterocycles. The van der Waals surface area contributed by atoms with E-state index < -0.39 is 17.7 Å². The van der Waals surface area contributed by atoms with Gasteiger partial charge in [-0.1, -0.05) is 56.3 Å². The highest BCUT2D eigenvalue weighted by molar-refractivity contribution is 6.51. The number of aryl methyl sites for hydroxylation is 1. The lowest BCUT2D eigenvalue weighted by Crippen LogP contribution is -2.29. The summed E-state index contributed by atoms with van der Waals surface area (Å²) in [4.78, 5) is 27.8. The Balaban J connectivity index is 1.81. The molecule has 1 fully saturated rings. The van der Waals surface area contributed by atoms with E-state index in [1.807, 2.05) is 61.5 Å². The van der Waals surface area contributed by atoms with Gasteiger partial charge >= 0.3 is 0 Å². The number of hydrogen-bond donors (Lipinski definition) is 1. The van der Waals surface area contributed by atoms with Gasteiger partial charge in [0.2, 0.25) is 0 Å². The zero-order valence-corrected chi connectivity index (χ0v) is 18.8. The van der Waals surface area contributed by atoms with Crippen LogP contribution in [0.3, 0.4) is 0 Å². The molecule has 0 spiro atoms. The van der Waals surface area contributed by atoms with E-state index in [0.29, 0.717) is 23.6 Å². The predicted molar refractivity (Wildman–Crippen MR) is 129 cm³/mol. The molecule has 1 unspecified atom stereocenters. The highest BCUT2D eigenvalue weighted by atomic mass is 16.5. The van der Waals surface area contributed by atoms with E-state index in [4.69, 9.17) is 4.74 Å². The van der Waals surface area contributed by atoms with Gasteiger partial charge in [-0.3, -0.25) is 14.5 Å². The average Bonchev–Trinajstić information content (AvgIpc) is 3.13. The van der Waals surface area contributed by atoms with E-state index in [1.165, 1.54) is 4.90 Å². The van der Waals surface area contributed by atoms with Crippen molar-refractivity contribution < 1.29 is 19.4 Å². The van der Waals surface area contributed by atoms with E-state index in [-0.39, 0.29) is 11.3 Å². The summed E-state index contributed by atoms with van der Waals surface area (Å²) in [6, 6.07) is 23.1. The van der Waals surface area contributed by atoms with E-state index >= 15 is 0 Å². The van der Waals surface area contributed by atoms with Crippen LogP contribution in [0.4, 0.5) is 5.69 Å². The van der Waals surface area contributed by atoms with Crippen LogP contribution in [0.5, 0.6) is 5.75 Å². The van der Waals surface area contributed by atoms with Crippen molar-refractivity contribution in [1.82, 2.24) is 0 Å². The number of Topliss-reactive ketones (excluding diaryl/α,β-unsaturated/α-hetero) is 1. The van der Waals surface area contributed by atoms with Crippen molar-refractivity contribution in [2.45, 2.75) is 32.7 Å². The largest absolute Gasteiger partial charge is 0.507 e. The second-order valence-electron chi connectivity index (χ2n) is 7.97. The van der Waals surface area contributed by atoms with Crippen LogP contribution in [0.2, 0.25) is 0 Å². The SMILES string of the molecule is CCCOc1ccc(/C(O)=C2\C(=O)C(=O)N(c3ccc(CC)cc3)C2c2ccccc2)cc1. The molecular formula is C28H27NO4. The third kappa shape index (κ3) is 4.40. The Labute approximate surface area is 193 Å². The summed E-state index contributed by atoms with van der Waals surface area (Å²) >= 11 is 0. The van der Waals surface area contributed by atoms with E-state index in [0.717, 1.165) is 24.0 Å². The smallest absolute Gasteiger partial charge is 0.300 e.